The van der Waals surface area contributed by atoms with Crippen molar-refractivity contribution >= 4 is 79.1 Å². The van der Waals surface area contributed by atoms with Crippen molar-refractivity contribution in [1.29, 1.82) is 0 Å². The van der Waals surface area contributed by atoms with E-state index in [0.29, 0.717) is 0 Å². The molecule has 4 rings (SSSR count). The summed E-state index contributed by atoms with van der Waals surface area (Å²) < 4.78 is 72.9. The van der Waals surface area contributed by atoms with Crippen molar-refractivity contribution in [2.24, 2.45) is 0 Å². The van der Waals surface area contributed by atoms with Crippen molar-refractivity contribution in [3.05, 3.63) is 12.7 Å². The van der Waals surface area contributed by atoms with Gasteiger partial charge in [0.15, 0.2) is 48.2 Å². The van der Waals surface area contributed by atoms with Gasteiger partial charge in [-0.25, -0.2) is 23.8 Å². The molecule has 4 N–H and O–H groups in total. The molecular formula is C28H37N5O20P2S. The Bertz CT molecular complexity index is 1930. The lowest BCUT2D eigenvalue weighted by molar-refractivity contribution is -0.291. The van der Waals surface area contributed by atoms with Gasteiger partial charge in [-0.3, -0.25) is 37.9 Å². The van der Waals surface area contributed by atoms with E-state index in [1.165, 1.54) is 10.9 Å². The van der Waals surface area contributed by atoms with Crippen LogP contribution in [0.4, 0.5) is 5.82 Å². The summed E-state index contributed by atoms with van der Waals surface area (Å²) >= 11 is 4.95. The summed E-state index contributed by atoms with van der Waals surface area (Å²) in [6.07, 6.45) is -12.4. The molecule has 2 unspecified atom stereocenters. The zero-order valence-corrected chi connectivity index (χ0v) is 32.8. The van der Waals surface area contributed by atoms with E-state index >= 15 is 0 Å². The second-order valence-corrected chi connectivity index (χ2v) is 16.2. The van der Waals surface area contributed by atoms with Crippen molar-refractivity contribution in [2.45, 2.75) is 96.8 Å². The molecule has 310 valence electrons. The number of ether oxygens (including phenoxy) is 8. The van der Waals surface area contributed by atoms with Crippen LogP contribution in [0.3, 0.4) is 0 Å². The van der Waals surface area contributed by atoms with Crippen LogP contribution in [0.15, 0.2) is 12.7 Å². The van der Waals surface area contributed by atoms with Gasteiger partial charge in [0, 0.05) is 41.5 Å². The van der Waals surface area contributed by atoms with Crippen LogP contribution in [0.2, 0.25) is 0 Å². The highest BCUT2D eigenvalue weighted by Crippen LogP contribution is 2.62. The molecule has 0 saturated carbocycles. The maximum absolute atomic E-state index is 13.4. The number of nitrogens with two attached hydrogens (primary N) is 1. The highest BCUT2D eigenvalue weighted by atomic mass is 32.5. The number of carbonyl (C=O) groups is 6. The zero-order chi connectivity index (χ0) is 41.7. The van der Waals surface area contributed by atoms with Crippen LogP contribution in [0.25, 0.3) is 11.2 Å². The molecule has 25 nitrogen and oxygen atoms in total. The van der Waals surface area contributed by atoms with Gasteiger partial charge in [-0.1, -0.05) is 0 Å². The Morgan fingerprint density at radius 1 is 0.750 bits per heavy atom. The third kappa shape index (κ3) is 11.7. The van der Waals surface area contributed by atoms with Crippen LogP contribution in [0.5, 0.6) is 0 Å². The SMILES string of the molecule is CC(=O)OC[C@H]1O[C@@H](OP(=O)(O)OP(O)(=S)OC[C@H]2O[C@@H](n3cnc4c(N)ncnc43)[C@H](OC(C)=O)[C@@H]2OC(C)=O)[C@@H](OC(C)=O)[C@@H](OC(C)=O)[C@@H]1OC(C)=O. The van der Waals surface area contributed by atoms with Gasteiger partial charge in [0.2, 0.25) is 6.29 Å². The molecular weight excluding hydrogens is 820 g/mol. The summed E-state index contributed by atoms with van der Waals surface area (Å²) in [4.78, 5) is 106. The fourth-order valence-electron chi connectivity index (χ4n) is 5.52. The van der Waals surface area contributed by atoms with Crippen molar-refractivity contribution in [3.8, 4) is 0 Å². The standard InChI is InChI=1S/C28H37N5O20P2S/c1-11(34)43-7-17-20(45-12(2)35)22(47-14(4)37)24(49-16(6)39)28(51-17)52-54(40,41)53-55(42,56)44-8-18-21(46-13(3)36)23(48-15(5)38)27(50-18)33-10-32-19-25(29)30-9-31-26(19)33/h9-10,17-18,20-24,27-28H,7-8H2,1-6H3,(H,40,41)(H,42,56)(H2,29,30,31)/t17-,18-,20-,21-,22+,23-,24+,27-,28+,55?/m1/s1. The van der Waals surface area contributed by atoms with Gasteiger partial charge in [-0.15, -0.1) is 0 Å². The maximum Gasteiger partial charge on any atom is 0.481 e. The number of nitrogens with zero attached hydrogens (tertiary/aromatic N) is 4. The molecule has 11 atom stereocenters. The van der Waals surface area contributed by atoms with Gasteiger partial charge < -0.3 is 57.9 Å². The Morgan fingerprint density at radius 3 is 1.84 bits per heavy atom. The Kier molecular flexibility index (Phi) is 14.6. The van der Waals surface area contributed by atoms with E-state index < -0.39 is 119 Å². The predicted octanol–water partition coefficient (Wildman–Crippen LogP) is -0.381. The van der Waals surface area contributed by atoms with E-state index in [0.717, 1.165) is 47.9 Å². The van der Waals surface area contributed by atoms with Crippen molar-refractivity contribution in [3.63, 3.8) is 0 Å². The number of phosphoric ester groups is 1. The zero-order valence-electron chi connectivity index (χ0n) is 30.2. The molecule has 2 aromatic rings. The van der Waals surface area contributed by atoms with Crippen LogP contribution < -0.4 is 5.73 Å². The average Bonchev–Trinajstić information content (AvgIpc) is 3.62. The van der Waals surface area contributed by atoms with Crippen molar-refractivity contribution in [1.82, 2.24) is 19.5 Å². The van der Waals surface area contributed by atoms with Gasteiger partial charge in [0.25, 0.3) is 0 Å². The number of nitrogen functional groups attached to an aromatic ring is 1. The molecule has 28 heteroatoms. The molecule has 2 fully saturated rings. The second-order valence-electron chi connectivity index (χ2n) is 11.8. The summed E-state index contributed by atoms with van der Waals surface area (Å²) in [6, 6.07) is 0. The Balaban J connectivity index is 1.58. The number of esters is 6. The topological polar surface area (TPSA) is 331 Å². The van der Waals surface area contributed by atoms with Crippen LogP contribution in [0.1, 0.15) is 47.8 Å². The predicted molar refractivity (Wildman–Crippen MR) is 181 cm³/mol. The molecule has 2 aliphatic rings. The first-order valence-electron chi connectivity index (χ1n) is 16.0. The Hall–Kier alpha value is -4.23. The van der Waals surface area contributed by atoms with E-state index in [2.05, 4.69) is 15.0 Å². The minimum absolute atomic E-state index is 0.00445. The third-order valence-corrected chi connectivity index (χ3v) is 10.9. The van der Waals surface area contributed by atoms with E-state index in [-0.39, 0.29) is 17.0 Å². The van der Waals surface area contributed by atoms with Gasteiger partial charge in [0.05, 0.1) is 12.9 Å². The normalized spacial score (nSPS) is 28.2. The Morgan fingerprint density at radius 2 is 1.27 bits per heavy atom. The van der Waals surface area contributed by atoms with Gasteiger partial charge >= 0.3 is 50.4 Å². The number of rotatable bonds is 15. The molecule has 0 aromatic carbocycles. The number of hydrogen-bond donors (Lipinski definition) is 3. The van der Waals surface area contributed by atoms with Crippen LogP contribution in [-0.2, 0) is 96.4 Å². The van der Waals surface area contributed by atoms with Gasteiger partial charge in [0.1, 0.15) is 30.7 Å². The van der Waals surface area contributed by atoms with E-state index in [1.54, 1.807) is 0 Å². The van der Waals surface area contributed by atoms with Gasteiger partial charge in [-0.2, -0.15) is 0 Å². The summed E-state index contributed by atoms with van der Waals surface area (Å²) in [5.41, 5.74) is 6.16. The van der Waals surface area contributed by atoms with Crippen LogP contribution in [0, 0.1) is 0 Å². The smallest absolute Gasteiger partial charge is 0.463 e. The van der Waals surface area contributed by atoms with E-state index in [1.807, 2.05) is 0 Å². The largest absolute Gasteiger partial charge is 0.481 e. The first kappa shape index (κ1) is 44.5. The molecule has 2 aromatic heterocycles. The van der Waals surface area contributed by atoms with Crippen LogP contribution in [-0.4, -0.2) is 127 Å². The molecule has 56 heavy (non-hydrogen) atoms. The van der Waals surface area contributed by atoms with Crippen molar-refractivity contribution < 1.29 is 94.4 Å². The van der Waals surface area contributed by atoms with Crippen molar-refractivity contribution in [2.75, 3.05) is 18.9 Å². The molecule has 4 heterocycles. The number of hydrogen-bond acceptors (Lipinski definition) is 23. The highest BCUT2D eigenvalue weighted by molar-refractivity contribution is 8.08. The number of imidazole rings is 1. The fourth-order valence-corrected chi connectivity index (χ4v) is 8.61. The third-order valence-electron chi connectivity index (χ3n) is 7.34. The number of fused-ring (bicyclic) bond motifs is 1. The molecule has 0 radical (unpaired) electrons. The summed E-state index contributed by atoms with van der Waals surface area (Å²) in [7, 11) is -5.69. The monoisotopic (exact) mass is 857 g/mol. The lowest BCUT2D eigenvalue weighted by Gasteiger charge is -2.44. The molecule has 0 spiro atoms. The van der Waals surface area contributed by atoms with Crippen LogP contribution >= 0.6 is 14.5 Å². The van der Waals surface area contributed by atoms with Gasteiger partial charge in [-0.05, 0) is 11.8 Å². The quantitative estimate of drug-likeness (QED) is 0.117. The number of anilines is 1. The molecule has 0 amide bonds. The summed E-state index contributed by atoms with van der Waals surface area (Å²) in [6.45, 7) is -0.471. The number of phosphoric acid groups is 1. The molecule has 0 bridgehead atoms. The number of carbonyl (C=O) groups excluding carboxylic acids is 6. The molecule has 0 aliphatic carbocycles. The highest BCUT2D eigenvalue weighted by Gasteiger charge is 2.55. The first-order chi connectivity index (χ1) is 26.1. The molecule has 2 saturated heterocycles. The Labute approximate surface area is 321 Å². The maximum atomic E-state index is 13.4. The fraction of sp³-hybridized carbons (Fsp3) is 0.607. The van der Waals surface area contributed by atoms with E-state index in [9.17, 15) is 43.1 Å². The lowest BCUT2D eigenvalue weighted by Crippen LogP contribution is -2.62. The average molecular weight is 858 g/mol. The first-order valence-corrected chi connectivity index (χ1v) is 20.1. The lowest BCUT2D eigenvalue weighted by atomic mass is 9.98. The second kappa shape index (κ2) is 18.4. The minimum atomic E-state index is -5.69. The van der Waals surface area contributed by atoms with E-state index in [4.69, 9.17) is 68.8 Å². The minimum Gasteiger partial charge on any atom is -0.463 e. The molecule has 2 aliphatic heterocycles. The number of aromatic nitrogens is 4. The summed E-state index contributed by atoms with van der Waals surface area (Å²) in [5, 5.41) is 0. The summed E-state index contributed by atoms with van der Waals surface area (Å²) in [5.74, 6) is -5.51.